The van der Waals surface area contributed by atoms with Crippen LogP contribution >= 0.6 is 0 Å². The molecule has 0 spiro atoms. The number of carboxylic acids is 1. The van der Waals surface area contributed by atoms with Gasteiger partial charge in [-0.1, -0.05) is 6.07 Å². The van der Waals surface area contributed by atoms with E-state index >= 15 is 0 Å². The van der Waals surface area contributed by atoms with Crippen LogP contribution in [0.1, 0.15) is 28.8 Å². The molecule has 0 unspecified atom stereocenters. The molecule has 0 heterocycles. The van der Waals surface area contributed by atoms with Crippen LogP contribution in [0.15, 0.2) is 47.4 Å². The lowest BCUT2D eigenvalue weighted by atomic mass is 10.1. The lowest BCUT2D eigenvalue weighted by molar-refractivity contribution is -0.137. The fourth-order valence-corrected chi connectivity index (χ4v) is 2.97. The van der Waals surface area contributed by atoms with Gasteiger partial charge in [0.1, 0.15) is 5.75 Å². The smallest absolute Gasteiger partial charge is 0.303 e. The fourth-order valence-electron chi connectivity index (χ4n) is 2.32. The Morgan fingerprint density at radius 1 is 1.11 bits per heavy atom. The van der Waals surface area contributed by atoms with Gasteiger partial charge in [-0.15, -0.1) is 0 Å². The number of hydrogen-bond acceptors (Lipinski definition) is 5. The number of anilines is 1. The maximum absolute atomic E-state index is 12.5. The summed E-state index contributed by atoms with van der Waals surface area (Å²) in [6.07, 6.45) is 1.54. The SMILES string of the molecule is Cc1ccc(S(C)(=O)=O)cc1C(=O)Nc1ccc(OCCCC(=O)O)cc1. The molecule has 0 aliphatic heterocycles. The first-order chi connectivity index (χ1) is 12.7. The predicted octanol–water partition coefficient (Wildman–Crippen LogP) is 2.89. The predicted molar refractivity (Wildman–Crippen MR) is 101 cm³/mol. The number of rotatable bonds is 8. The summed E-state index contributed by atoms with van der Waals surface area (Å²) < 4.78 is 28.8. The quantitative estimate of drug-likeness (QED) is 0.670. The van der Waals surface area contributed by atoms with Crippen LogP contribution in [0.2, 0.25) is 0 Å². The minimum Gasteiger partial charge on any atom is -0.494 e. The van der Waals surface area contributed by atoms with Gasteiger partial charge in [0.05, 0.1) is 11.5 Å². The lowest BCUT2D eigenvalue weighted by Crippen LogP contribution is -2.14. The Bertz CT molecular complexity index is 935. The normalized spacial score (nSPS) is 11.0. The summed E-state index contributed by atoms with van der Waals surface area (Å²) in [6, 6.07) is 11.1. The highest BCUT2D eigenvalue weighted by Gasteiger charge is 2.14. The Morgan fingerprint density at radius 2 is 1.78 bits per heavy atom. The Balaban J connectivity index is 2.03. The number of carbonyl (C=O) groups is 2. The van der Waals surface area contributed by atoms with Gasteiger partial charge in [0.2, 0.25) is 0 Å². The van der Waals surface area contributed by atoms with Gasteiger partial charge in [0, 0.05) is 23.9 Å². The van der Waals surface area contributed by atoms with Crippen molar-refractivity contribution < 1.29 is 27.9 Å². The molecule has 7 nitrogen and oxygen atoms in total. The molecule has 0 atom stereocenters. The number of carboxylic acid groups (broad SMARTS) is 1. The first-order valence-electron chi connectivity index (χ1n) is 8.23. The molecule has 0 bridgehead atoms. The van der Waals surface area contributed by atoms with Crippen molar-refractivity contribution in [3.8, 4) is 5.75 Å². The third-order valence-corrected chi connectivity index (χ3v) is 4.91. The highest BCUT2D eigenvalue weighted by atomic mass is 32.2. The highest BCUT2D eigenvalue weighted by molar-refractivity contribution is 7.90. The topological polar surface area (TPSA) is 110 Å². The van der Waals surface area contributed by atoms with Crippen LogP contribution in [0.3, 0.4) is 0 Å². The number of aliphatic carboxylic acids is 1. The van der Waals surface area contributed by atoms with E-state index in [1.165, 1.54) is 12.1 Å². The van der Waals surface area contributed by atoms with Gasteiger partial charge in [0.25, 0.3) is 5.91 Å². The van der Waals surface area contributed by atoms with E-state index in [9.17, 15) is 18.0 Å². The zero-order valence-electron chi connectivity index (χ0n) is 15.1. The Morgan fingerprint density at radius 3 is 2.37 bits per heavy atom. The van der Waals surface area contributed by atoms with E-state index in [1.807, 2.05) is 0 Å². The fraction of sp³-hybridized carbons (Fsp3) is 0.263. The molecule has 0 aromatic heterocycles. The maximum Gasteiger partial charge on any atom is 0.303 e. The van der Waals surface area contributed by atoms with Crippen LogP contribution in [-0.2, 0) is 14.6 Å². The Labute approximate surface area is 157 Å². The van der Waals surface area contributed by atoms with E-state index in [2.05, 4.69) is 5.32 Å². The van der Waals surface area contributed by atoms with Gasteiger partial charge in [-0.2, -0.15) is 0 Å². The number of benzene rings is 2. The summed E-state index contributed by atoms with van der Waals surface area (Å²) in [6.45, 7) is 2.02. The average molecular weight is 391 g/mol. The van der Waals surface area contributed by atoms with Crippen LogP contribution in [0.5, 0.6) is 5.75 Å². The van der Waals surface area contributed by atoms with Crippen LogP contribution in [0, 0.1) is 6.92 Å². The molecule has 0 saturated heterocycles. The van der Waals surface area contributed by atoms with Gasteiger partial charge < -0.3 is 15.2 Å². The zero-order valence-corrected chi connectivity index (χ0v) is 15.9. The van der Waals surface area contributed by atoms with E-state index < -0.39 is 21.7 Å². The summed E-state index contributed by atoms with van der Waals surface area (Å²) in [5.74, 6) is -0.714. The molecular weight excluding hydrogens is 370 g/mol. The highest BCUT2D eigenvalue weighted by Crippen LogP contribution is 2.20. The lowest BCUT2D eigenvalue weighted by Gasteiger charge is -2.10. The van der Waals surface area contributed by atoms with Crippen molar-refractivity contribution in [2.45, 2.75) is 24.7 Å². The molecule has 0 fully saturated rings. The van der Waals surface area contributed by atoms with E-state index in [0.717, 1.165) is 6.26 Å². The van der Waals surface area contributed by atoms with Gasteiger partial charge in [-0.05, 0) is 55.3 Å². The third kappa shape index (κ3) is 6.10. The molecule has 2 rings (SSSR count). The van der Waals surface area contributed by atoms with E-state index in [-0.39, 0.29) is 23.5 Å². The molecular formula is C19H21NO6S. The number of amides is 1. The summed E-state index contributed by atoms with van der Waals surface area (Å²) in [4.78, 5) is 23.0. The third-order valence-electron chi connectivity index (χ3n) is 3.80. The van der Waals surface area contributed by atoms with Gasteiger partial charge in [-0.3, -0.25) is 9.59 Å². The van der Waals surface area contributed by atoms with E-state index in [4.69, 9.17) is 9.84 Å². The maximum atomic E-state index is 12.5. The molecule has 2 aromatic rings. The summed E-state index contributed by atoms with van der Waals surface area (Å²) in [5, 5.41) is 11.3. The number of nitrogens with one attached hydrogen (secondary N) is 1. The zero-order chi connectivity index (χ0) is 20.0. The van der Waals surface area contributed by atoms with Gasteiger partial charge >= 0.3 is 5.97 Å². The Hall–Kier alpha value is -2.87. The molecule has 2 N–H and O–H groups in total. The number of aryl methyl sites for hydroxylation is 1. The number of ether oxygens (including phenoxy) is 1. The molecule has 144 valence electrons. The molecule has 2 aromatic carbocycles. The van der Waals surface area contributed by atoms with Crippen molar-refractivity contribution in [2.24, 2.45) is 0 Å². The standard InChI is InChI=1S/C19H21NO6S/c1-13-5-10-16(27(2,24)25)12-17(13)19(23)20-14-6-8-15(9-7-14)26-11-3-4-18(21)22/h5-10,12H,3-4,11H2,1-2H3,(H,20,23)(H,21,22). The van der Waals surface area contributed by atoms with E-state index in [1.54, 1.807) is 37.3 Å². The van der Waals surface area contributed by atoms with Gasteiger partial charge in [-0.25, -0.2) is 8.42 Å². The second-order valence-corrected chi connectivity index (χ2v) is 8.09. The molecule has 8 heteroatoms. The number of sulfone groups is 1. The minimum absolute atomic E-state index is 0.0417. The molecule has 0 saturated carbocycles. The Kier molecular flexibility index (Phi) is 6.57. The summed E-state index contributed by atoms with van der Waals surface area (Å²) in [5.41, 5.74) is 1.48. The number of carbonyl (C=O) groups excluding carboxylic acids is 1. The second kappa shape index (κ2) is 8.68. The molecule has 0 radical (unpaired) electrons. The van der Waals surface area contributed by atoms with Crippen LogP contribution < -0.4 is 10.1 Å². The van der Waals surface area contributed by atoms with Gasteiger partial charge in [0.15, 0.2) is 9.84 Å². The second-order valence-electron chi connectivity index (χ2n) is 6.07. The minimum atomic E-state index is -3.40. The van der Waals surface area contributed by atoms with E-state index in [0.29, 0.717) is 23.4 Å². The van der Waals surface area contributed by atoms with Crippen molar-refractivity contribution in [1.29, 1.82) is 0 Å². The molecule has 1 amide bonds. The van der Waals surface area contributed by atoms with Crippen molar-refractivity contribution in [1.82, 2.24) is 0 Å². The van der Waals surface area contributed by atoms with Crippen molar-refractivity contribution >= 4 is 27.4 Å². The van der Waals surface area contributed by atoms with Crippen LogP contribution in [0.4, 0.5) is 5.69 Å². The number of hydrogen-bond donors (Lipinski definition) is 2. The molecule has 27 heavy (non-hydrogen) atoms. The van der Waals surface area contributed by atoms with Crippen molar-refractivity contribution in [3.05, 3.63) is 53.6 Å². The molecule has 0 aliphatic carbocycles. The summed E-state index contributed by atoms with van der Waals surface area (Å²) >= 11 is 0. The largest absolute Gasteiger partial charge is 0.494 e. The average Bonchev–Trinajstić information content (AvgIpc) is 2.59. The van der Waals surface area contributed by atoms with Crippen LogP contribution in [0.25, 0.3) is 0 Å². The monoisotopic (exact) mass is 391 g/mol. The first-order valence-corrected chi connectivity index (χ1v) is 10.1. The van der Waals surface area contributed by atoms with Crippen molar-refractivity contribution in [3.63, 3.8) is 0 Å². The first kappa shape index (κ1) is 20.4. The van der Waals surface area contributed by atoms with Crippen molar-refractivity contribution in [2.75, 3.05) is 18.2 Å². The summed E-state index contributed by atoms with van der Waals surface area (Å²) in [7, 11) is -3.40. The van der Waals surface area contributed by atoms with Crippen LogP contribution in [-0.4, -0.2) is 38.3 Å². The molecule has 0 aliphatic rings.